The lowest BCUT2D eigenvalue weighted by molar-refractivity contribution is 0.0690. The van der Waals surface area contributed by atoms with Crippen molar-refractivity contribution in [1.82, 2.24) is 15.2 Å². The van der Waals surface area contributed by atoms with Crippen LogP contribution in [0.3, 0.4) is 0 Å². The molecule has 9 heteroatoms. The first-order valence-corrected chi connectivity index (χ1v) is 7.72. The zero-order valence-electron chi connectivity index (χ0n) is 11.8. The zero-order valence-corrected chi connectivity index (χ0v) is 12.6. The number of nitrogens with two attached hydrogens (primary N) is 1. The monoisotopic (exact) mass is 315 g/mol. The first-order chi connectivity index (χ1) is 10.2. The van der Waals surface area contributed by atoms with Gasteiger partial charge in [0.1, 0.15) is 10.7 Å². The average Bonchev–Trinajstić information content (AvgIpc) is 2.89. The van der Waals surface area contributed by atoms with Crippen LogP contribution in [-0.2, 0) is 0 Å². The van der Waals surface area contributed by atoms with Crippen molar-refractivity contribution in [2.24, 2.45) is 0 Å². The number of aromatic nitrogens is 1. The maximum absolute atomic E-state index is 12.4. The van der Waals surface area contributed by atoms with Crippen molar-refractivity contribution < 1.29 is 15.0 Å². The van der Waals surface area contributed by atoms with Crippen LogP contribution in [0.5, 0.6) is 0 Å². The number of hydrogen-bond acceptors (Lipinski definition) is 8. The zero-order chi connectivity index (χ0) is 15.2. The molecule has 1 amide bonds. The van der Waals surface area contributed by atoms with Gasteiger partial charge >= 0.3 is 0 Å². The lowest BCUT2D eigenvalue weighted by Gasteiger charge is -2.26. The van der Waals surface area contributed by atoms with E-state index in [0.29, 0.717) is 4.88 Å². The largest absolute Gasteiger partial charge is 0.395 e. The van der Waals surface area contributed by atoms with Gasteiger partial charge < -0.3 is 31.1 Å². The van der Waals surface area contributed by atoms with E-state index < -0.39 is 0 Å². The number of nitrogens with one attached hydrogen (secondary N) is 1. The highest BCUT2D eigenvalue weighted by Crippen LogP contribution is 2.29. The van der Waals surface area contributed by atoms with Crippen molar-refractivity contribution in [2.75, 3.05) is 63.1 Å². The Labute approximate surface area is 127 Å². The van der Waals surface area contributed by atoms with E-state index >= 15 is 0 Å². The second-order valence-electron chi connectivity index (χ2n) is 4.69. The Morgan fingerprint density at radius 2 is 1.95 bits per heavy atom. The first kappa shape index (κ1) is 16.0. The molecule has 0 saturated carbocycles. The molecule has 1 saturated heterocycles. The van der Waals surface area contributed by atoms with E-state index in [1.165, 1.54) is 16.2 Å². The van der Waals surface area contributed by atoms with E-state index in [9.17, 15) is 4.79 Å². The molecular formula is C12H21N5O3S. The van der Waals surface area contributed by atoms with Crippen LogP contribution in [0.15, 0.2) is 0 Å². The fourth-order valence-corrected chi connectivity index (χ4v) is 3.17. The summed E-state index contributed by atoms with van der Waals surface area (Å²) in [5.74, 6) is -0.0890. The van der Waals surface area contributed by atoms with Crippen molar-refractivity contribution in [3.05, 3.63) is 4.88 Å². The van der Waals surface area contributed by atoms with Gasteiger partial charge in [0.05, 0.1) is 13.2 Å². The van der Waals surface area contributed by atoms with E-state index in [-0.39, 0.29) is 38.0 Å². The van der Waals surface area contributed by atoms with Gasteiger partial charge in [0.15, 0.2) is 5.13 Å². The molecule has 0 spiro atoms. The molecule has 0 unspecified atom stereocenters. The number of aliphatic hydroxyl groups excluding tert-OH is 2. The molecular weight excluding hydrogens is 294 g/mol. The standard InChI is InChI=1S/C12H21N5O3S/c13-10-9(11(20)16(5-7-18)6-8-19)21-12(15-10)17-3-1-14-2-4-17/h14,18-19H,1-8,13H2. The number of aliphatic hydroxyl groups is 2. The predicted octanol–water partition coefficient (Wildman–Crippen LogP) is -1.44. The Hall–Kier alpha value is -1.42. The molecule has 8 nitrogen and oxygen atoms in total. The van der Waals surface area contributed by atoms with Gasteiger partial charge in [-0.1, -0.05) is 11.3 Å². The number of hydrogen-bond donors (Lipinski definition) is 4. The van der Waals surface area contributed by atoms with Crippen LogP contribution in [0.1, 0.15) is 9.67 Å². The van der Waals surface area contributed by atoms with Crippen LogP contribution in [0.4, 0.5) is 10.9 Å². The Bertz CT molecular complexity index is 469. The third kappa shape index (κ3) is 3.82. The van der Waals surface area contributed by atoms with Gasteiger partial charge in [-0.25, -0.2) is 4.98 Å². The number of anilines is 2. The van der Waals surface area contributed by atoms with Crippen LogP contribution >= 0.6 is 11.3 Å². The average molecular weight is 315 g/mol. The normalized spacial score (nSPS) is 15.2. The molecule has 21 heavy (non-hydrogen) atoms. The van der Waals surface area contributed by atoms with E-state index in [1.807, 2.05) is 0 Å². The Balaban J connectivity index is 2.14. The number of nitrogens with zero attached hydrogens (tertiary/aromatic N) is 3. The summed E-state index contributed by atoms with van der Waals surface area (Å²) in [6, 6.07) is 0. The summed E-state index contributed by atoms with van der Waals surface area (Å²) in [4.78, 5) is 20.5. The first-order valence-electron chi connectivity index (χ1n) is 6.90. The van der Waals surface area contributed by atoms with Crippen molar-refractivity contribution in [1.29, 1.82) is 0 Å². The maximum Gasteiger partial charge on any atom is 0.268 e. The Morgan fingerprint density at radius 3 is 2.52 bits per heavy atom. The summed E-state index contributed by atoms with van der Waals surface area (Å²) in [5.41, 5.74) is 5.86. The summed E-state index contributed by atoms with van der Waals surface area (Å²) in [6.07, 6.45) is 0. The van der Waals surface area contributed by atoms with Crippen LogP contribution in [0, 0.1) is 0 Å². The van der Waals surface area contributed by atoms with E-state index in [4.69, 9.17) is 15.9 Å². The van der Waals surface area contributed by atoms with Gasteiger partial charge in [-0.2, -0.15) is 0 Å². The molecule has 1 aliphatic heterocycles. The molecule has 0 aromatic carbocycles. The third-order valence-corrected chi connectivity index (χ3v) is 4.37. The summed E-state index contributed by atoms with van der Waals surface area (Å²) in [5, 5.41) is 22.0. The molecule has 0 bridgehead atoms. The SMILES string of the molecule is Nc1nc(N2CCNCC2)sc1C(=O)N(CCO)CCO. The third-order valence-electron chi connectivity index (χ3n) is 3.25. The van der Waals surface area contributed by atoms with Crippen LogP contribution in [0.2, 0.25) is 0 Å². The van der Waals surface area contributed by atoms with Crippen molar-refractivity contribution in [2.45, 2.75) is 0 Å². The smallest absolute Gasteiger partial charge is 0.268 e. The Morgan fingerprint density at radius 1 is 1.33 bits per heavy atom. The Kier molecular flexibility index (Phi) is 5.74. The number of amides is 1. The summed E-state index contributed by atoms with van der Waals surface area (Å²) in [7, 11) is 0. The van der Waals surface area contributed by atoms with E-state index in [2.05, 4.69) is 15.2 Å². The number of nitrogen functional groups attached to an aromatic ring is 1. The molecule has 118 valence electrons. The number of piperazine rings is 1. The minimum absolute atomic E-state index is 0.158. The van der Waals surface area contributed by atoms with Crippen molar-refractivity contribution in [3.63, 3.8) is 0 Å². The number of rotatable bonds is 6. The molecule has 0 aliphatic carbocycles. The van der Waals surface area contributed by atoms with Gasteiger partial charge in [0, 0.05) is 39.3 Å². The topological polar surface area (TPSA) is 115 Å². The molecule has 1 aromatic rings. The maximum atomic E-state index is 12.4. The summed E-state index contributed by atoms with van der Waals surface area (Å²) >= 11 is 1.26. The molecule has 5 N–H and O–H groups in total. The van der Waals surface area contributed by atoms with Crippen LogP contribution < -0.4 is 16.0 Å². The lowest BCUT2D eigenvalue weighted by Crippen LogP contribution is -2.43. The minimum Gasteiger partial charge on any atom is -0.395 e. The lowest BCUT2D eigenvalue weighted by atomic mass is 10.4. The van der Waals surface area contributed by atoms with Crippen LogP contribution in [-0.4, -0.2) is 78.5 Å². The van der Waals surface area contributed by atoms with E-state index in [0.717, 1.165) is 31.3 Å². The minimum atomic E-state index is -0.297. The number of carbonyl (C=O) groups is 1. The molecule has 1 aromatic heterocycles. The molecule has 0 atom stereocenters. The molecule has 2 heterocycles. The van der Waals surface area contributed by atoms with Crippen molar-refractivity contribution in [3.8, 4) is 0 Å². The number of thiazole rings is 1. The molecule has 1 aliphatic rings. The van der Waals surface area contributed by atoms with Gasteiger partial charge in [-0.3, -0.25) is 4.79 Å². The highest BCUT2D eigenvalue weighted by Gasteiger charge is 2.24. The quantitative estimate of drug-likeness (QED) is 0.508. The molecule has 0 radical (unpaired) electrons. The van der Waals surface area contributed by atoms with Gasteiger partial charge in [0.2, 0.25) is 0 Å². The van der Waals surface area contributed by atoms with Crippen LogP contribution in [0.25, 0.3) is 0 Å². The summed E-state index contributed by atoms with van der Waals surface area (Å²) in [6.45, 7) is 3.44. The van der Waals surface area contributed by atoms with Gasteiger partial charge in [0.25, 0.3) is 5.91 Å². The fraction of sp³-hybridized carbons (Fsp3) is 0.667. The van der Waals surface area contributed by atoms with Crippen molar-refractivity contribution >= 4 is 28.2 Å². The highest BCUT2D eigenvalue weighted by atomic mass is 32.1. The fourth-order valence-electron chi connectivity index (χ4n) is 2.16. The number of carbonyl (C=O) groups excluding carboxylic acids is 1. The van der Waals surface area contributed by atoms with Gasteiger partial charge in [-0.15, -0.1) is 0 Å². The molecule has 1 fully saturated rings. The predicted molar refractivity (Wildman–Crippen MR) is 81.7 cm³/mol. The van der Waals surface area contributed by atoms with Gasteiger partial charge in [-0.05, 0) is 0 Å². The summed E-state index contributed by atoms with van der Waals surface area (Å²) < 4.78 is 0. The highest BCUT2D eigenvalue weighted by molar-refractivity contribution is 7.18. The molecule has 2 rings (SSSR count). The second kappa shape index (κ2) is 7.55. The van der Waals surface area contributed by atoms with E-state index in [1.54, 1.807) is 0 Å². The second-order valence-corrected chi connectivity index (χ2v) is 5.66.